The fraction of sp³-hybridized carbons (Fsp3) is 0.300. The van der Waals surface area contributed by atoms with Crippen LogP contribution in [0.1, 0.15) is 31.0 Å². The van der Waals surface area contributed by atoms with Crippen LogP contribution >= 0.6 is 22.9 Å². The minimum Gasteiger partial charge on any atom is -0.389 e. The summed E-state index contributed by atoms with van der Waals surface area (Å²) >= 11 is 7.76. The van der Waals surface area contributed by atoms with Crippen molar-refractivity contribution in [3.63, 3.8) is 0 Å². The number of likely N-dealkylation sites (N-methyl/N-ethyl adjacent to an activating group) is 1. The molecule has 1 saturated heterocycles. The smallest absolute Gasteiger partial charge is 0.228 e. The van der Waals surface area contributed by atoms with Gasteiger partial charge in [-0.05, 0) is 45.6 Å². The molecule has 0 amide bonds. The summed E-state index contributed by atoms with van der Waals surface area (Å²) in [6.07, 6.45) is 3.01. The summed E-state index contributed by atoms with van der Waals surface area (Å²) in [5.41, 5.74) is 13.1. The molecule has 10 nitrogen and oxygen atoms in total. The highest BCUT2D eigenvalue weighted by molar-refractivity contribution is 7.23. The lowest BCUT2D eigenvalue weighted by Crippen LogP contribution is -2.67. The Balaban J connectivity index is 1.60. The zero-order chi connectivity index (χ0) is 31.7. The van der Waals surface area contributed by atoms with Crippen LogP contribution in [-0.4, -0.2) is 64.6 Å². The molecule has 44 heavy (non-hydrogen) atoms. The van der Waals surface area contributed by atoms with E-state index in [0.29, 0.717) is 41.6 Å². The van der Waals surface area contributed by atoms with E-state index in [0.717, 1.165) is 11.3 Å². The number of fused-ring (bicyclic) bond motifs is 2. The van der Waals surface area contributed by atoms with Gasteiger partial charge in [-0.1, -0.05) is 17.7 Å². The molecule has 1 atom stereocenters. The van der Waals surface area contributed by atoms with Crippen LogP contribution in [-0.2, 0) is 0 Å². The third-order valence-electron chi connectivity index (χ3n) is 8.61. The summed E-state index contributed by atoms with van der Waals surface area (Å²) in [6.45, 7) is 5.31. The first-order valence-corrected chi connectivity index (χ1v) is 14.9. The number of thiophene rings is 1. The van der Waals surface area contributed by atoms with Crippen molar-refractivity contribution in [2.75, 3.05) is 55.5 Å². The quantitative estimate of drug-likeness (QED) is 0.243. The second-order valence-electron chi connectivity index (χ2n) is 11.4. The maximum Gasteiger partial charge on any atom is 0.228 e. The minimum absolute atomic E-state index is 0.00721. The summed E-state index contributed by atoms with van der Waals surface area (Å²) in [5, 5.41) is 10.6. The molecular formula is C30H29ClF2N10S. The molecule has 1 aliphatic heterocycles. The van der Waals surface area contributed by atoms with Crippen molar-refractivity contribution in [2.24, 2.45) is 0 Å². The van der Waals surface area contributed by atoms with E-state index in [1.807, 2.05) is 43.9 Å². The molecule has 4 N–H and O–H groups in total. The van der Waals surface area contributed by atoms with Crippen LogP contribution < -0.4 is 21.3 Å². The molecule has 2 aromatic carbocycles. The van der Waals surface area contributed by atoms with Crippen molar-refractivity contribution in [1.29, 1.82) is 5.26 Å². The third kappa shape index (κ3) is 4.52. The molecule has 0 aliphatic carbocycles. The largest absolute Gasteiger partial charge is 0.389 e. The van der Waals surface area contributed by atoms with Gasteiger partial charge >= 0.3 is 0 Å². The van der Waals surface area contributed by atoms with Gasteiger partial charge in [0.25, 0.3) is 0 Å². The number of anilines is 4. The van der Waals surface area contributed by atoms with Gasteiger partial charge in [-0.25, -0.2) is 23.7 Å². The van der Waals surface area contributed by atoms with Gasteiger partial charge in [0.05, 0.1) is 26.9 Å². The van der Waals surface area contributed by atoms with E-state index in [9.17, 15) is 9.65 Å². The number of halogens is 3. The number of nitrogens with two attached hydrogens (primary N) is 2. The third-order valence-corrected chi connectivity index (χ3v) is 9.94. The zero-order valence-electron chi connectivity index (χ0n) is 24.7. The first-order valence-electron chi connectivity index (χ1n) is 13.7. The Labute approximate surface area is 261 Å². The predicted molar refractivity (Wildman–Crippen MR) is 172 cm³/mol. The van der Waals surface area contributed by atoms with E-state index >= 15 is 4.39 Å². The molecule has 5 aromatic rings. The average molecular weight is 635 g/mol. The lowest BCUT2D eigenvalue weighted by molar-refractivity contribution is 0.132. The molecule has 0 spiro atoms. The van der Waals surface area contributed by atoms with Crippen LogP contribution in [0.5, 0.6) is 0 Å². The number of hydrogen-bond acceptors (Lipinski definition) is 11. The van der Waals surface area contributed by atoms with Gasteiger partial charge in [0.15, 0.2) is 5.82 Å². The monoisotopic (exact) mass is 634 g/mol. The van der Waals surface area contributed by atoms with Crippen LogP contribution in [0, 0.1) is 23.0 Å². The molecule has 6 rings (SSSR count). The van der Waals surface area contributed by atoms with Crippen molar-refractivity contribution in [1.82, 2.24) is 24.8 Å². The second-order valence-corrected chi connectivity index (χ2v) is 12.9. The van der Waals surface area contributed by atoms with Crippen LogP contribution in [0.25, 0.3) is 32.1 Å². The van der Waals surface area contributed by atoms with E-state index in [2.05, 4.69) is 21.8 Å². The number of hydrogen-bond donors (Lipinski definition) is 2. The van der Waals surface area contributed by atoms with Crippen LogP contribution in [0.3, 0.4) is 0 Å². The molecule has 1 fully saturated rings. The Bertz CT molecular complexity index is 2000. The van der Waals surface area contributed by atoms with E-state index < -0.39 is 11.6 Å². The Morgan fingerprint density at radius 1 is 1.18 bits per heavy atom. The van der Waals surface area contributed by atoms with Crippen molar-refractivity contribution in [2.45, 2.75) is 25.4 Å². The standard InChI is InChI=1S/C30H29ClF2N10S/c1-14(18-10-37-13-38-26(18)35)42(5)28-16-8-19(31)22(15-6-7-20(32)25-21(15)17(9-34)27(36)44-25)23(33)24(16)39-29(40-28)43-11-30(2,12-43)41(3)4/h6-8,10,13-14H,11-12,36H2,1-5H3,(H2,35,37,38)/t14-/m0/s1. The van der Waals surface area contributed by atoms with Crippen molar-refractivity contribution >= 4 is 66.5 Å². The van der Waals surface area contributed by atoms with Gasteiger partial charge < -0.3 is 26.2 Å². The molecule has 0 unspecified atom stereocenters. The van der Waals surface area contributed by atoms with Gasteiger partial charge in [0, 0.05) is 48.2 Å². The number of benzene rings is 2. The maximum absolute atomic E-state index is 16.9. The molecule has 226 valence electrons. The van der Waals surface area contributed by atoms with Gasteiger partial charge in [-0.3, -0.25) is 0 Å². The second kappa shape index (κ2) is 10.7. The molecule has 0 saturated carbocycles. The summed E-state index contributed by atoms with van der Waals surface area (Å²) in [6, 6.07) is 5.91. The van der Waals surface area contributed by atoms with Gasteiger partial charge in [0.1, 0.15) is 40.4 Å². The Morgan fingerprint density at radius 3 is 2.57 bits per heavy atom. The highest BCUT2D eigenvalue weighted by Crippen LogP contribution is 2.46. The molecule has 0 radical (unpaired) electrons. The highest BCUT2D eigenvalue weighted by Gasteiger charge is 2.42. The highest BCUT2D eigenvalue weighted by atomic mass is 35.5. The molecule has 0 bridgehead atoms. The Kier molecular flexibility index (Phi) is 7.19. The Morgan fingerprint density at radius 2 is 1.91 bits per heavy atom. The lowest BCUT2D eigenvalue weighted by Gasteiger charge is -2.52. The van der Waals surface area contributed by atoms with Crippen molar-refractivity contribution in [3.8, 4) is 17.2 Å². The summed E-state index contributed by atoms with van der Waals surface area (Å²) in [5.74, 6) is -0.200. The lowest BCUT2D eigenvalue weighted by atomic mass is 9.91. The number of nitriles is 1. The van der Waals surface area contributed by atoms with Crippen molar-refractivity contribution < 1.29 is 8.78 Å². The summed E-state index contributed by atoms with van der Waals surface area (Å²) in [4.78, 5) is 23.8. The zero-order valence-corrected chi connectivity index (χ0v) is 26.2. The number of nitrogen functional groups attached to an aromatic ring is 2. The number of aromatic nitrogens is 4. The van der Waals surface area contributed by atoms with Gasteiger partial charge in [-0.15, -0.1) is 11.3 Å². The van der Waals surface area contributed by atoms with Gasteiger partial charge in [0.2, 0.25) is 5.95 Å². The van der Waals surface area contributed by atoms with E-state index in [-0.39, 0.29) is 53.9 Å². The first-order chi connectivity index (χ1) is 20.9. The van der Waals surface area contributed by atoms with Crippen LogP contribution in [0.4, 0.5) is 31.4 Å². The van der Waals surface area contributed by atoms with Crippen LogP contribution in [0.15, 0.2) is 30.7 Å². The van der Waals surface area contributed by atoms with Crippen LogP contribution in [0.2, 0.25) is 5.02 Å². The first kappa shape index (κ1) is 29.7. The molecule has 14 heteroatoms. The number of nitrogens with zero attached hydrogens (tertiary/aromatic N) is 8. The SMILES string of the molecule is C[C@@H](c1cncnc1N)N(C)c1nc(N2CC(C)(N(C)C)C2)nc2c(F)c(-c3ccc(F)c4sc(N)c(C#N)c34)c(Cl)cc12. The van der Waals surface area contributed by atoms with E-state index in [4.69, 9.17) is 33.0 Å². The molecule has 4 heterocycles. The number of rotatable bonds is 6. The topological polar surface area (TPSA) is 137 Å². The van der Waals surface area contributed by atoms with Crippen molar-refractivity contribution in [3.05, 3.63) is 58.5 Å². The molecule has 3 aromatic heterocycles. The van der Waals surface area contributed by atoms with Gasteiger partial charge in [-0.2, -0.15) is 10.2 Å². The maximum atomic E-state index is 16.9. The summed E-state index contributed by atoms with van der Waals surface area (Å²) < 4.78 is 31.9. The molecule has 1 aliphatic rings. The normalized spacial score (nSPS) is 15.0. The Hall–Kier alpha value is -4.38. The fourth-order valence-electron chi connectivity index (χ4n) is 5.60. The summed E-state index contributed by atoms with van der Waals surface area (Å²) in [7, 11) is 5.84. The van der Waals surface area contributed by atoms with E-state index in [1.165, 1.54) is 18.5 Å². The predicted octanol–water partition coefficient (Wildman–Crippen LogP) is 5.61. The molecular weight excluding hydrogens is 606 g/mol. The fourth-order valence-corrected chi connectivity index (χ4v) is 6.84. The average Bonchev–Trinajstić information content (AvgIpc) is 3.32. The van der Waals surface area contributed by atoms with E-state index in [1.54, 1.807) is 12.3 Å². The minimum atomic E-state index is -0.724.